The minimum Gasteiger partial charge on any atom is -0.383 e. The molecule has 0 heterocycles. The van der Waals surface area contributed by atoms with Gasteiger partial charge >= 0.3 is 0 Å². The zero-order valence-corrected chi connectivity index (χ0v) is 14.9. The van der Waals surface area contributed by atoms with E-state index in [-0.39, 0.29) is 0 Å². The number of thiocarbonyl (C=S) groups is 1. The van der Waals surface area contributed by atoms with Gasteiger partial charge in [-0.15, -0.1) is 0 Å². The maximum absolute atomic E-state index is 5.51. The molecule has 0 amide bonds. The maximum atomic E-state index is 5.51. The minimum absolute atomic E-state index is 0.672. The average Bonchev–Trinajstić information content (AvgIpc) is 2.51. The molecule has 1 rings (SSSR count). The molecule has 0 aliphatic carbocycles. The fourth-order valence-corrected chi connectivity index (χ4v) is 2.41. The van der Waals surface area contributed by atoms with Gasteiger partial charge < -0.3 is 19.9 Å². The standard InChI is InChI=1S/C17H29N3OS/c1-19(2)13-14-20(17(22)18-11-15-21-3)12-7-10-16-8-5-4-6-9-16/h4-6,8-9H,7,10-15H2,1-3H3,(H,18,22). The summed E-state index contributed by atoms with van der Waals surface area (Å²) in [6, 6.07) is 10.6. The van der Waals surface area contributed by atoms with E-state index in [0.29, 0.717) is 6.61 Å². The van der Waals surface area contributed by atoms with Crippen LogP contribution in [0.25, 0.3) is 0 Å². The van der Waals surface area contributed by atoms with Gasteiger partial charge in [0.25, 0.3) is 0 Å². The van der Waals surface area contributed by atoms with Crippen molar-refractivity contribution in [3.63, 3.8) is 0 Å². The van der Waals surface area contributed by atoms with Crippen LogP contribution in [0.4, 0.5) is 0 Å². The Hall–Kier alpha value is -1.17. The monoisotopic (exact) mass is 323 g/mol. The van der Waals surface area contributed by atoms with E-state index < -0.39 is 0 Å². The molecule has 22 heavy (non-hydrogen) atoms. The number of ether oxygens (including phenoxy) is 1. The fraction of sp³-hybridized carbons (Fsp3) is 0.588. The Morgan fingerprint density at radius 1 is 1.14 bits per heavy atom. The first kappa shape index (κ1) is 18.9. The first-order valence-corrected chi connectivity index (χ1v) is 8.24. The Kier molecular flexibility index (Phi) is 9.79. The first-order valence-electron chi connectivity index (χ1n) is 7.84. The average molecular weight is 324 g/mol. The maximum Gasteiger partial charge on any atom is 0.169 e. The smallest absolute Gasteiger partial charge is 0.169 e. The molecule has 0 radical (unpaired) electrons. The molecule has 0 aliphatic rings. The third kappa shape index (κ3) is 8.32. The van der Waals surface area contributed by atoms with E-state index >= 15 is 0 Å². The molecule has 124 valence electrons. The lowest BCUT2D eigenvalue weighted by atomic mass is 10.1. The summed E-state index contributed by atoms with van der Waals surface area (Å²) in [5.41, 5.74) is 1.38. The number of hydrogen-bond acceptors (Lipinski definition) is 3. The second-order valence-electron chi connectivity index (χ2n) is 5.60. The predicted molar refractivity (Wildman–Crippen MR) is 97.4 cm³/mol. The van der Waals surface area contributed by atoms with Crippen molar-refractivity contribution in [3.8, 4) is 0 Å². The van der Waals surface area contributed by atoms with Gasteiger partial charge in [-0.3, -0.25) is 0 Å². The minimum atomic E-state index is 0.672. The Balaban J connectivity index is 2.41. The van der Waals surface area contributed by atoms with Gasteiger partial charge in [-0.1, -0.05) is 30.3 Å². The molecule has 0 aromatic heterocycles. The number of nitrogens with zero attached hydrogens (tertiary/aromatic N) is 2. The molecular weight excluding hydrogens is 294 g/mol. The van der Waals surface area contributed by atoms with Gasteiger partial charge in [0.2, 0.25) is 0 Å². The highest BCUT2D eigenvalue weighted by Gasteiger charge is 2.09. The van der Waals surface area contributed by atoms with Crippen molar-refractivity contribution >= 4 is 17.3 Å². The van der Waals surface area contributed by atoms with Crippen LogP contribution < -0.4 is 5.32 Å². The van der Waals surface area contributed by atoms with E-state index in [0.717, 1.165) is 44.1 Å². The van der Waals surface area contributed by atoms with Crippen molar-refractivity contribution in [2.45, 2.75) is 12.8 Å². The van der Waals surface area contributed by atoms with Crippen LogP contribution in [0.2, 0.25) is 0 Å². The molecule has 0 bridgehead atoms. The first-order chi connectivity index (χ1) is 10.6. The van der Waals surface area contributed by atoms with Gasteiger partial charge in [0.1, 0.15) is 0 Å². The van der Waals surface area contributed by atoms with Crippen LogP contribution >= 0.6 is 12.2 Å². The summed E-state index contributed by atoms with van der Waals surface area (Å²) in [4.78, 5) is 4.44. The summed E-state index contributed by atoms with van der Waals surface area (Å²) >= 11 is 5.51. The van der Waals surface area contributed by atoms with Gasteiger partial charge in [-0.2, -0.15) is 0 Å². The number of nitrogens with one attached hydrogen (secondary N) is 1. The summed E-state index contributed by atoms with van der Waals surface area (Å²) in [6.07, 6.45) is 2.18. The molecule has 0 saturated heterocycles. The largest absolute Gasteiger partial charge is 0.383 e. The van der Waals surface area contributed by atoms with E-state index in [9.17, 15) is 0 Å². The fourth-order valence-electron chi connectivity index (χ4n) is 2.13. The lowest BCUT2D eigenvalue weighted by Gasteiger charge is -2.27. The molecule has 4 nitrogen and oxygen atoms in total. The van der Waals surface area contributed by atoms with Crippen LogP contribution in [0.15, 0.2) is 30.3 Å². The Morgan fingerprint density at radius 3 is 2.50 bits per heavy atom. The van der Waals surface area contributed by atoms with E-state index in [1.54, 1.807) is 7.11 Å². The number of likely N-dealkylation sites (N-methyl/N-ethyl adjacent to an activating group) is 1. The van der Waals surface area contributed by atoms with Gasteiger partial charge in [0.15, 0.2) is 5.11 Å². The van der Waals surface area contributed by atoms with Crippen LogP contribution in [0.5, 0.6) is 0 Å². The summed E-state index contributed by atoms with van der Waals surface area (Å²) in [6.45, 7) is 4.34. The SMILES string of the molecule is COCCNC(=S)N(CCCc1ccccc1)CCN(C)C. The van der Waals surface area contributed by atoms with Crippen LogP contribution in [-0.4, -0.2) is 68.9 Å². The van der Waals surface area contributed by atoms with Gasteiger partial charge in [0, 0.05) is 33.3 Å². The van der Waals surface area contributed by atoms with Gasteiger partial charge in [-0.25, -0.2) is 0 Å². The lowest BCUT2D eigenvalue weighted by Crippen LogP contribution is -2.44. The van der Waals surface area contributed by atoms with Crippen molar-refractivity contribution in [1.82, 2.24) is 15.1 Å². The van der Waals surface area contributed by atoms with Gasteiger partial charge in [0.05, 0.1) is 6.61 Å². The summed E-state index contributed by atoms with van der Waals surface area (Å²) < 4.78 is 5.06. The topological polar surface area (TPSA) is 27.7 Å². The molecule has 0 spiro atoms. The van der Waals surface area contributed by atoms with Crippen molar-refractivity contribution in [3.05, 3.63) is 35.9 Å². The number of aryl methyl sites for hydroxylation is 1. The highest BCUT2D eigenvalue weighted by molar-refractivity contribution is 7.80. The third-order valence-corrected chi connectivity index (χ3v) is 3.83. The zero-order valence-electron chi connectivity index (χ0n) is 14.0. The molecule has 0 aliphatic heterocycles. The van der Waals surface area contributed by atoms with Crippen molar-refractivity contribution < 1.29 is 4.74 Å². The molecular formula is C17H29N3OS. The Bertz CT molecular complexity index is 412. The lowest BCUT2D eigenvalue weighted by molar-refractivity contribution is 0.202. The second-order valence-corrected chi connectivity index (χ2v) is 5.99. The van der Waals surface area contributed by atoms with Crippen LogP contribution in [0.1, 0.15) is 12.0 Å². The van der Waals surface area contributed by atoms with E-state index in [1.165, 1.54) is 5.56 Å². The number of rotatable bonds is 10. The van der Waals surface area contributed by atoms with Crippen LogP contribution in [-0.2, 0) is 11.2 Å². The molecule has 0 saturated carbocycles. The highest BCUT2D eigenvalue weighted by atomic mass is 32.1. The molecule has 1 N–H and O–H groups in total. The predicted octanol–water partition coefficient (Wildman–Crippen LogP) is 2.00. The molecule has 5 heteroatoms. The molecule has 0 fully saturated rings. The molecule has 1 aromatic rings. The van der Waals surface area contributed by atoms with Crippen LogP contribution in [0.3, 0.4) is 0 Å². The van der Waals surface area contributed by atoms with Crippen LogP contribution in [0, 0.1) is 0 Å². The Labute approximate surface area is 140 Å². The van der Waals surface area contributed by atoms with Gasteiger partial charge in [-0.05, 0) is 44.7 Å². The number of methoxy groups -OCH3 is 1. The summed E-state index contributed by atoms with van der Waals surface area (Å²) in [7, 11) is 5.88. The zero-order chi connectivity index (χ0) is 16.2. The molecule has 0 atom stereocenters. The van der Waals surface area contributed by atoms with E-state index in [2.05, 4.69) is 59.5 Å². The van der Waals surface area contributed by atoms with E-state index in [1.807, 2.05) is 0 Å². The second kappa shape index (κ2) is 11.4. The van der Waals surface area contributed by atoms with Crippen molar-refractivity contribution in [1.29, 1.82) is 0 Å². The number of hydrogen-bond donors (Lipinski definition) is 1. The quantitative estimate of drug-likeness (QED) is 0.525. The molecule has 0 unspecified atom stereocenters. The van der Waals surface area contributed by atoms with Crippen molar-refractivity contribution in [2.75, 3.05) is 54.0 Å². The number of benzene rings is 1. The van der Waals surface area contributed by atoms with Crippen molar-refractivity contribution in [2.24, 2.45) is 0 Å². The van der Waals surface area contributed by atoms with E-state index in [4.69, 9.17) is 17.0 Å². The highest BCUT2D eigenvalue weighted by Crippen LogP contribution is 2.04. The Morgan fingerprint density at radius 2 is 1.86 bits per heavy atom. The molecule has 1 aromatic carbocycles. The third-order valence-electron chi connectivity index (χ3n) is 3.42. The summed E-state index contributed by atoms with van der Waals surface area (Å²) in [5, 5.41) is 4.10. The summed E-state index contributed by atoms with van der Waals surface area (Å²) in [5.74, 6) is 0. The normalized spacial score (nSPS) is 10.7.